The van der Waals surface area contributed by atoms with Gasteiger partial charge in [0.05, 0.1) is 12.0 Å². The molecule has 0 saturated heterocycles. The summed E-state index contributed by atoms with van der Waals surface area (Å²) in [4.78, 5) is 4.44. The number of hydrogen-bond acceptors (Lipinski definition) is 1. The fraction of sp³-hybridized carbons (Fsp3) is 0.357. The topological polar surface area (TPSA) is 17.8 Å². The smallest absolute Gasteiger partial charge is 0.0954 e. The van der Waals surface area contributed by atoms with Crippen LogP contribution in [-0.2, 0) is 12.0 Å². The fourth-order valence-electron chi connectivity index (χ4n) is 1.63. The first-order chi connectivity index (χ1) is 7.55. The van der Waals surface area contributed by atoms with E-state index in [1.807, 2.05) is 12.4 Å². The molecule has 2 nitrogen and oxygen atoms in total. The summed E-state index contributed by atoms with van der Waals surface area (Å²) >= 11 is 0. The molecule has 0 unspecified atom stereocenters. The van der Waals surface area contributed by atoms with Gasteiger partial charge >= 0.3 is 0 Å². The maximum absolute atomic E-state index is 4.44. The SMILES string of the molecule is CC(C)(C)n1cnc(Cc2ccccc2)c1. The molecule has 0 aliphatic carbocycles. The lowest BCUT2D eigenvalue weighted by Gasteiger charge is -2.19. The zero-order valence-corrected chi connectivity index (χ0v) is 10.1. The van der Waals surface area contributed by atoms with Gasteiger partial charge in [0.1, 0.15) is 0 Å². The number of hydrogen-bond donors (Lipinski definition) is 0. The van der Waals surface area contributed by atoms with Crippen LogP contribution in [0.5, 0.6) is 0 Å². The monoisotopic (exact) mass is 214 g/mol. The molecule has 0 radical (unpaired) electrons. The number of rotatable bonds is 2. The van der Waals surface area contributed by atoms with Crippen molar-refractivity contribution in [2.75, 3.05) is 0 Å². The minimum Gasteiger partial charge on any atom is -0.332 e. The van der Waals surface area contributed by atoms with Gasteiger partial charge in [-0.3, -0.25) is 0 Å². The van der Waals surface area contributed by atoms with Crippen molar-refractivity contribution in [3.8, 4) is 0 Å². The highest BCUT2D eigenvalue weighted by Crippen LogP contribution is 2.15. The standard InChI is InChI=1S/C14H18N2/c1-14(2,3)16-10-13(15-11-16)9-12-7-5-4-6-8-12/h4-8,10-11H,9H2,1-3H3. The summed E-state index contributed by atoms with van der Waals surface area (Å²) in [7, 11) is 0. The Hall–Kier alpha value is -1.57. The zero-order chi connectivity index (χ0) is 11.6. The van der Waals surface area contributed by atoms with Gasteiger partial charge in [0.2, 0.25) is 0 Å². The van der Waals surface area contributed by atoms with E-state index in [2.05, 4.69) is 60.8 Å². The fourth-order valence-corrected chi connectivity index (χ4v) is 1.63. The van der Waals surface area contributed by atoms with E-state index in [1.54, 1.807) is 0 Å². The van der Waals surface area contributed by atoms with Crippen molar-refractivity contribution in [2.45, 2.75) is 32.7 Å². The molecule has 0 bridgehead atoms. The van der Waals surface area contributed by atoms with E-state index in [1.165, 1.54) is 5.56 Å². The zero-order valence-electron chi connectivity index (χ0n) is 10.1. The van der Waals surface area contributed by atoms with Gasteiger partial charge in [-0.1, -0.05) is 30.3 Å². The van der Waals surface area contributed by atoms with Crippen molar-refractivity contribution in [1.29, 1.82) is 0 Å². The molecular weight excluding hydrogens is 196 g/mol. The van der Waals surface area contributed by atoms with Gasteiger partial charge in [-0.05, 0) is 26.3 Å². The second kappa shape index (κ2) is 4.12. The van der Waals surface area contributed by atoms with Crippen molar-refractivity contribution in [1.82, 2.24) is 9.55 Å². The first-order valence-electron chi connectivity index (χ1n) is 5.63. The maximum atomic E-state index is 4.44. The van der Waals surface area contributed by atoms with Crippen LogP contribution in [0.2, 0.25) is 0 Å². The Morgan fingerprint density at radius 1 is 1.12 bits per heavy atom. The predicted octanol–water partition coefficient (Wildman–Crippen LogP) is 3.23. The van der Waals surface area contributed by atoms with Crippen LogP contribution in [0.4, 0.5) is 0 Å². The van der Waals surface area contributed by atoms with E-state index in [-0.39, 0.29) is 5.54 Å². The molecule has 2 aromatic rings. The Morgan fingerprint density at radius 3 is 2.38 bits per heavy atom. The molecule has 1 aromatic carbocycles. The minimum absolute atomic E-state index is 0.113. The molecular formula is C14H18N2. The molecule has 0 spiro atoms. The lowest BCUT2D eigenvalue weighted by molar-refractivity contribution is 0.396. The average molecular weight is 214 g/mol. The van der Waals surface area contributed by atoms with E-state index in [0.717, 1.165) is 12.1 Å². The molecule has 0 aliphatic rings. The number of aromatic nitrogens is 2. The molecule has 16 heavy (non-hydrogen) atoms. The molecule has 0 saturated carbocycles. The van der Waals surface area contributed by atoms with Crippen LogP contribution >= 0.6 is 0 Å². The van der Waals surface area contributed by atoms with Crippen LogP contribution in [0.1, 0.15) is 32.0 Å². The molecule has 1 aromatic heterocycles. The van der Waals surface area contributed by atoms with Gasteiger partial charge in [0, 0.05) is 18.2 Å². The van der Waals surface area contributed by atoms with Gasteiger partial charge in [-0.2, -0.15) is 0 Å². The van der Waals surface area contributed by atoms with E-state index < -0.39 is 0 Å². The quantitative estimate of drug-likeness (QED) is 0.750. The summed E-state index contributed by atoms with van der Waals surface area (Å²) in [5, 5.41) is 0. The van der Waals surface area contributed by atoms with Crippen LogP contribution in [0.25, 0.3) is 0 Å². The first kappa shape index (κ1) is 10.9. The van der Waals surface area contributed by atoms with Crippen molar-refractivity contribution in [3.05, 3.63) is 54.1 Å². The molecule has 2 heteroatoms. The minimum atomic E-state index is 0.113. The highest BCUT2D eigenvalue weighted by Gasteiger charge is 2.12. The molecule has 84 valence electrons. The summed E-state index contributed by atoms with van der Waals surface area (Å²) in [6, 6.07) is 10.4. The summed E-state index contributed by atoms with van der Waals surface area (Å²) in [6.07, 6.45) is 4.95. The molecule has 1 heterocycles. The van der Waals surface area contributed by atoms with Crippen LogP contribution in [-0.4, -0.2) is 9.55 Å². The molecule has 0 aliphatic heterocycles. The molecule has 0 N–H and O–H groups in total. The number of benzene rings is 1. The molecule has 0 amide bonds. The van der Waals surface area contributed by atoms with E-state index in [4.69, 9.17) is 0 Å². The highest BCUT2D eigenvalue weighted by molar-refractivity contribution is 5.20. The van der Waals surface area contributed by atoms with E-state index in [0.29, 0.717) is 0 Å². The van der Waals surface area contributed by atoms with Gasteiger partial charge in [-0.25, -0.2) is 4.98 Å². The largest absolute Gasteiger partial charge is 0.332 e. The summed E-state index contributed by atoms with van der Waals surface area (Å²) in [5.41, 5.74) is 2.55. The highest BCUT2D eigenvalue weighted by atomic mass is 15.1. The summed E-state index contributed by atoms with van der Waals surface area (Å²) < 4.78 is 2.16. The molecule has 2 rings (SSSR count). The molecule has 0 fully saturated rings. The Kier molecular flexibility index (Phi) is 2.82. The van der Waals surface area contributed by atoms with Crippen molar-refractivity contribution in [3.63, 3.8) is 0 Å². The van der Waals surface area contributed by atoms with Crippen LogP contribution in [0.3, 0.4) is 0 Å². The van der Waals surface area contributed by atoms with Crippen LogP contribution < -0.4 is 0 Å². The molecule has 0 atom stereocenters. The lowest BCUT2D eigenvalue weighted by Crippen LogP contribution is -2.19. The predicted molar refractivity (Wildman–Crippen MR) is 66.5 cm³/mol. The first-order valence-corrected chi connectivity index (χ1v) is 5.63. The second-order valence-electron chi connectivity index (χ2n) is 5.11. The summed E-state index contributed by atoms with van der Waals surface area (Å²) in [6.45, 7) is 6.54. The third kappa shape index (κ3) is 2.51. The van der Waals surface area contributed by atoms with Crippen molar-refractivity contribution in [2.24, 2.45) is 0 Å². The Labute approximate surface area is 97.0 Å². The number of imidazole rings is 1. The Morgan fingerprint density at radius 2 is 1.81 bits per heavy atom. The van der Waals surface area contributed by atoms with Gasteiger partial charge < -0.3 is 4.57 Å². The summed E-state index contributed by atoms with van der Waals surface area (Å²) in [5.74, 6) is 0. The maximum Gasteiger partial charge on any atom is 0.0954 e. The van der Waals surface area contributed by atoms with E-state index >= 15 is 0 Å². The second-order valence-corrected chi connectivity index (χ2v) is 5.11. The van der Waals surface area contributed by atoms with Crippen LogP contribution in [0.15, 0.2) is 42.9 Å². The normalized spacial score (nSPS) is 11.7. The number of nitrogens with zero attached hydrogens (tertiary/aromatic N) is 2. The Bertz CT molecular complexity index is 449. The average Bonchev–Trinajstić information content (AvgIpc) is 2.67. The Balaban J connectivity index is 2.15. The van der Waals surface area contributed by atoms with Crippen LogP contribution in [0, 0.1) is 0 Å². The van der Waals surface area contributed by atoms with Gasteiger partial charge in [0.15, 0.2) is 0 Å². The third-order valence-electron chi connectivity index (χ3n) is 2.64. The third-order valence-corrected chi connectivity index (χ3v) is 2.64. The lowest BCUT2D eigenvalue weighted by atomic mass is 10.1. The van der Waals surface area contributed by atoms with E-state index in [9.17, 15) is 0 Å². The van der Waals surface area contributed by atoms with Crippen molar-refractivity contribution >= 4 is 0 Å². The van der Waals surface area contributed by atoms with Gasteiger partial charge in [0.25, 0.3) is 0 Å². The van der Waals surface area contributed by atoms with Crippen molar-refractivity contribution < 1.29 is 0 Å². The van der Waals surface area contributed by atoms with Gasteiger partial charge in [-0.15, -0.1) is 0 Å².